The third kappa shape index (κ3) is 3.33. The third-order valence-corrected chi connectivity index (χ3v) is 6.88. The lowest BCUT2D eigenvalue weighted by atomic mass is 10.2. The predicted octanol–water partition coefficient (Wildman–Crippen LogP) is 3.51. The van der Waals surface area contributed by atoms with Gasteiger partial charge in [0, 0.05) is 28.7 Å². The molecule has 136 valence electrons. The van der Waals surface area contributed by atoms with E-state index in [2.05, 4.69) is 4.72 Å². The van der Waals surface area contributed by atoms with Crippen molar-refractivity contribution in [1.29, 1.82) is 0 Å². The molecule has 0 unspecified atom stereocenters. The molecule has 1 fully saturated rings. The van der Waals surface area contributed by atoms with Crippen LogP contribution in [0.1, 0.15) is 18.4 Å². The Balaban J connectivity index is 1.58. The van der Waals surface area contributed by atoms with E-state index in [1.807, 2.05) is 24.5 Å². The highest BCUT2D eigenvalue weighted by atomic mass is 32.2. The second-order valence-corrected chi connectivity index (χ2v) is 9.20. The summed E-state index contributed by atoms with van der Waals surface area (Å²) >= 11 is 1.56. The molecule has 4 rings (SSSR count). The van der Waals surface area contributed by atoms with Gasteiger partial charge in [0.2, 0.25) is 5.91 Å². The summed E-state index contributed by atoms with van der Waals surface area (Å²) in [5.74, 6) is 0.334. The second-order valence-electron chi connectivity index (χ2n) is 6.64. The number of rotatable bonds is 5. The van der Waals surface area contributed by atoms with Crippen molar-refractivity contribution in [2.45, 2.75) is 29.1 Å². The Bertz CT molecular complexity index is 968. The Morgan fingerprint density at radius 2 is 2.00 bits per heavy atom. The van der Waals surface area contributed by atoms with E-state index in [1.165, 1.54) is 0 Å². The zero-order valence-electron chi connectivity index (χ0n) is 14.4. The average Bonchev–Trinajstić information content (AvgIpc) is 3.40. The highest BCUT2D eigenvalue weighted by molar-refractivity contribution is 7.98. The molecule has 2 aliphatic rings. The molecule has 0 spiro atoms. The number of hydrogen-bond acceptors (Lipinski definition) is 4. The number of fused-ring (bicyclic) bond motifs is 1. The van der Waals surface area contributed by atoms with Gasteiger partial charge in [-0.15, -0.1) is 11.8 Å². The van der Waals surface area contributed by atoms with E-state index in [-0.39, 0.29) is 16.7 Å². The molecule has 7 heteroatoms. The zero-order chi connectivity index (χ0) is 18.3. The van der Waals surface area contributed by atoms with Crippen LogP contribution in [0.3, 0.4) is 0 Å². The first-order valence-electron chi connectivity index (χ1n) is 8.59. The summed E-state index contributed by atoms with van der Waals surface area (Å²) in [5, 5.41) is 0. The normalized spacial score (nSPS) is 16.4. The molecule has 26 heavy (non-hydrogen) atoms. The maximum Gasteiger partial charge on any atom is 0.261 e. The SMILES string of the molecule is CSc1cccc(NS(=O)(=O)c2ccc3c(c2)CCN3C(=O)C2CC2)c1. The maximum atomic E-state index is 12.7. The molecule has 1 N–H and O–H groups in total. The number of hydrogen-bond donors (Lipinski definition) is 1. The number of carbonyl (C=O) groups excluding carboxylic acids is 1. The standard InChI is InChI=1S/C19H20N2O3S2/c1-25-16-4-2-3-15(12-16)20-26(23,24)17-7-8-18-14(11-17)9-10-21(18)19(22)13-5-6-13/h2-4,7-8,11-13,20H,5-6,9-10H2,1H3. The van der Waals surface area contributed by atoms with E-state index in [0.717, 1.165) is 29.0 Å². The molecule has 1 saturated carbocycles. The van der Waals surface area contributed by atoms with Crippen LogP contribution in [-0.4, -0.2) is 27.1 Å². The lowest BCUT2D eigenvalue weighted by Crippen LogP contribution is -2.30. The lowest BCUT2D eigenvalue weighted by Gasteiger charge is -2.17. The molecule has 1 aliphatic heterocycles. The summed E-state index contributed by atoms with van der Waals surface area (Å²) in [5.41, 5.74) is 2.31. The molecular weight excluding hydrogens is 368 g/mol. The van der Waals surface area contributed by atoms with Gasteiger partial charge < -0.3 is 4.90 Å². The molecule has 5 nitrogen and oxygen atoms in total. The van der Waals surface area contributed by atoms with E-state index in [9.17, 15) is 13.2 Å². The van der Waals surface area contributed by atoms with Gasteiger partial charge in [-0.1, -0.05) is 6.07 Å². The number of nitrogens with one attached hydrogen (secondary N) is 1. The third-order valence-electron chi connectivity index (χ3n) is 4.77. The van der Waals surface area contributed by atoms with Gasteiger partial charge in [-0.25, -0.2) is 8.42 Å². The van der Waals surface area contributed by atoms with Crippen LogP contribution >= 0.6 is 11.8 Å². The quantitative estimate of drug-likeness (QED) is 0.796. The Kier molecular flexibility index (Phi) is 4.44. The number of amides is 1. The zero-order valence-corrected chi connectivity index (χ0v) is 16.1. The first-order chi connectivity index (χ1) is 12.5. The molecule has 1 heterocycles. The van der Waals surface area contributed by atoms with Crippen LogP contribution in [0.5, 0.6) is 0 Å². The van der Waals surface area contributed by atoms with Crippen LogP contribution in [-0.2, 0) is 21.2 Å². The maximum absolute atomic E-state index is 12.7. The summed E-state index contributed by atoms with van der Waals surface area (Å²) in [7, 11) is -3.66. The lowest BCUT2D eigenvalue weighted by molar-refractivity contribution is -0.119. The van der Waals surface area contributed by atoms with Gasteiger partial charge in [-0.3, -0.25) is 9.52 Å². The van der Waals surface area contributed by atoms with Crippen molar-refractivity contribution in [3.05, 3.63) is 48.0 Å². The molecule has 1 aliphatic carbocycles. The van der Waals surface area contributed by atoms with E-state index < -0.39 is 10.0 Å². The Morgan fingerprint density at radius 3 is 2.73 bits per heavy atom. The van der Waals surface area contributed by atoms with E-state index in [0.29, 0.717) is 18.7 Å². The molecule has 0 saturated heterocycles. The first kappa shape index (κ1) is 17.4. The highest BCUT2D eigenvalue weighted by Crippen LogP contribution is 2.37. The van der Waals surface area contributed by atoms with Gasteiger partial charge in [0.05, 0.1) is 4.90 Å². The fraction of sp³-hybridized carbons (Fsp3) is 0.316. The first-order valence-corrected chi connectivity index (χ1v) is 11.3. The number of thioether (sulfide) groups is 1. The summed E-state index contributed by atoms with van der Waals surface area (Å²) in [4.78, 5) is 15.4. The van der Waals surface area contributed by atoms with Crippen molar-refractivity contribution in [3.63, 3.8) is 0 Å². The number of sulfonamides is 1. The minimum Gasteiger partial charge on any atom is -0.312 e. The van der Waals surface area contributed by atoms with Gasteiger partial charge in [-0.2, -0.15) is 0 Å². The van der Waals surface area contributed by atoms with E-state index in [4.69, 9.17) is 0 Å². The number of anilines is 2. The van der Waals surface area contributed by atoms with Crippen molar-refractivity contribution in [2.75, 3.05) is 22.4 Å². The van der Waals surface area contributed by atoms with Gasteiger partial charge >= 0.3 is 0 Å². The summed E-state index contributed by atoms with van der Waals surface area (Å²) in [6.07, 6.45) is 4.58. The fourth-order valence-corrected chi connectivity index (χ4v) is 4.78. The Labute approximate surface area is 157 Å². The molecule has 0 radical (unpaired) electrons. The molecule has 0 atom stereocenters. The largest absolute Gasteiger partial charge is 0.312 e. The smallest absolute Gasteiger partial charge is 0.261 e. The van der Waals surface area contributed by atoms with Crippen molar-refractivity contribution >= 4 is 39.1 Å². The van der Waals surface area contributed by atoms with E-state index in [1.54, 1.807) is 40.9 Å². The average molecular weight is 389 g/mol. The summed E-state index contributed by atoms with van der Waals surface area (Å²) in [6, 6.07) is 12.3. The monoisotopic (exact) mass is 388 g/mol. The summed E-state index contributed by atoms with van der Waals surface area (Å²) in [6.45, 7) is 0.636. The second kappa shape index (κ2) is 6.63. The van der Waals surface area contributed by atoms with Crippen molar-refractivity contribution in [1.82, 2.24) is 0 Å². The minimum absolute atomic E-state index is 0.162. The van der Waals surface area contributed by atoms with Crippen LogP contribution in [0.15, 0.2) is 52.3 Å². The molecule has 0 bridgehead atoms. The molecule has 0 aromatic heterocycles. The van der Waals surface area contributed by atoms with Crippen molar-refractivity contribution in [3.8, 4) is 0 Å². The van der Waals surface area contributed by atoms with Crippen molar-refractivity contribution < 1.29 is 13.2 Å². The predicted molar refractivity (Wildman–Crippen MR) is 104 cm³/mol. The summed E-state index contributed by atoms with van der Waals surface area (Å²) < 4.78 is 28.1. The Hall–Kier alpha value is -1.99. The fourth-order valence-electron chi connectivity index (χ4n) is 3.23. The highest BCUT2D eigenvalue weighted by Gasteiger charge is 2.36. The van der Waals surface area contributed by atoms with E-state index >= 15 is 0 Å². The molecule has 2 aromatic carbocycles. The van der Waals surface area contributed by atoms with Gasteiger partial charge in [0.1, 0.15) is 0 Å². The number of nitrogens with zero attached hydrogens (tertiary/aromatic N) is 1. The van der Waals surface area contributed by atoms with Crippen LogP contribution in [0, 0.1) is 5.92 Å². The van der Waals surface area contributed by atoms with Crippen LogP contribution in [0.25, 0.3) is 0 Å². The van der Waals surface area contributed by atoms with Crippen molar-refractivity contribution in [2.24, 2.45) is 5.92 Å². The van der Waals surface area contributed by atoms with Gasteiger partial charge in [-0.05, 0) is 67.5 Å². The number of benzene rings is 2. The number of carbonyl (C=O) groups is 1. The van der Waals surface area contributed by atoms with Crippen LogP contribution in [0.4, 0.5) is 11.4 Å². The topological polar surface area (TPSA) is 66.5 Å². The van der Waals surface area contributed by atoms with Crippen LogP contribution < -0.4 is 9.62 Å². The molecule has 1 amide bonds. The van der Waals surface area contributed by atoms with Gasteiger partial charge in [0.15, 0.2) is 0 Å². The molecular formula is C19H20N2O3S2. The molecule has 2 aromatic rings. The van der Waals surface area contributed by atoms with Gasteiger partial charge in [0.25, 0.3) is 10.0 Å². The minimum atomic E-state index is -3.66. The van der Waals surface area contributed by atoms with Crippen LogP contribution in [0.2, 0.25) is 0 Å². The Morgan fingerprint density at radius 1 is 1.19 bits per heavy atom.